The Bertz CT molecular complexity index is 363. The first-order valence-electron chi connectivity index (χ1n) is 8.41. The molecule has 0 heterocycles. The topological polar surface area (TPSA) is 0 Å². The first-order chi connectivity index (χ1) is 8.66. The second-order valence-corrected chi connectivity index (χ2v) is 33.5. The number of hydrogen-bond donors (Lipinski definition) is 0. The van der Waals surface area contributed by atoms with Gasteiger partial charge in [-0.15, -0.1) is 0 Å². The Morgan fingerprint density at radius 2 is 1.05 bits per heavy atom. The Morgan fingerprint density at radius 1 is 0.684 bits per heavy atom. The van der Waals surface area contributed by atoms with Gasteiger partial charge in [0.25, 0.3) is 0 Å². The fourth-order valence-corrected chi connectivity index (χ4v) is 46.0. The first kappa shape index (κ1) is 14.5. The molecule has 0 radical (unpaired) electrons. The highest BCUT2D eigenvalue weighted by Gasteiger charge is 2.48. The molecule has 4 aliphatic carbocycles. The fourth-order valence-electron chi connectivity index (χ4n) is 6.09. The highest BCUT2D eigenvalue weighted by atomic mass is 29.6. The van der Waals surface area contributed by atoms with Crippen LogP contribution in [0, 0.1) is 23.7 Å². The molecule has 4 aliphatic rings. The third-order valence-electron chi connectivity index (χ3n) is 5.81. The lowest BCUT2D eigenvalue weighted by Crippen LogP contribution is -2.61. The van der Waals surface area contributed by atoms with E-state index in [4.69, 9.17) is 0 Å². The van der Waals surface area contributed by atoms with E-state index in [1.54, 1.807) is 32.1 Å². The van der Waals surface area contributed by atoms with E-state index in [9.17, 15) is 0 Å². The quantitative estimate of drug-likeness (QED) is 0.658. The predicted octanol–water partition coefficient (Wildman–Crippen LogP) is 4.52. The van der Waals surface area contributed by atoms with Crippen molar-refractivity contribution >= 4 is 27.8 Å². The van der Waals surface area contributed by atoms with Gasteiger partial charge in [0.05, 0.1) is 15.2 Å². The van der Waals surface area contributed by atoms with Gasteiger partial charge in [-0.25, -0.2) is 0 Å². The number of rotatable bonds is 2. The minimum Gasteiger partial charge on any atom is -0.0888 e. The van der Waals surface area contributed by atoms with Gasteiger partial charge in [0.2, 0.25) is 0 Å². The lowest BCUT2D eigenvalue weighted by molar-refractivity contribution is 0.111. The second kappa shape index (κ2) is 4.51. The van der Waals surface area contributed by atoms with Gasteiger partial charge in [0.1, 0.15) is 0 Å². The van der Waals surface area contributed by atoms with E-state index >= 15 is 0 Å². The summed E-state index contributed by atoms with van der Waals surface area (Å²) >= 11 is 0. The molecular formula is C16H32Si3. The van der Waals surface area contributed by atoms with Crippen LogP contribution in [0.4, 0.5) is 0 Å². The molecule has 0 unspecified atom stereocenters. The Morgan fingerprint density at radius 3 is 1.37 bits per heavy atom. The van der Waals surface area contributed by atoms with E-state index < -0.39 is 15.2 Å². The van der Waals surface area contributed by atoms with Crippen LogP contribution in [0.1, 0.15) is 32.1 Å². The van der Waals surface area contributed by atoms with E-state index in [1.165, 1.54) is 0 Å². The molecule has 0 atom stereocenters. The van der Waals surface area contributed by atoms with E-state index in [1.807, 2.05) is 0 Å². The molecule has 4 rings (SSSR count). The predicted molar refractivity (Wildman–Crippen MR) is 94.5 cm³/mol. The van der Waals surface area contributed by atoms with Crippen LogP contribution in [0.2, 0.25) is 39.3 Å². The van der Waals surface area contributed by atoms with Crippen molar-refractivity contribution in [1.82, 2.24) is 0 Å². The Labute approximate surface area is 123 Å². The van der Waals surface area contributed by atoms with E-state index in [0.717, 1.165) is 23.7 Å². The van der Waals surface area contributed by atoms with Gasteiger partial charge in [-0.3, -0.25) is 0 Å². The van der Waals surface area contributed by atoms with Gasteiger partial charge >= 0.3 is 0 Å². The molecule has 0 N–H and O–H groups in total. The highest BCUT2D eigenvalue weighted by molar-refractivity contribution is 7.61. The summed E-state index contributed by atoms with van der Waals surface area (Å²) in [5.41, 5.74) is 0. The maximum Gasteiger partial charge on any atom is 0.0520 e. The smallest absolute Gasteiger partial charge is 0.0520 e. The molecule has 0 nitrogen and oxygen atoms in total. The standard InChI is InChI=1S/C16H32Si3/c1-18(2,3)17(19(4,5)6)16-14-8-12-7-13(10-14)11-15(16)9-12/h12-15H,7-11H2,1-6H3. The Kier molecular flexibility index (Phi) is 3.43. The van der Waals surface area contributed by atoms with E-state index in [0.29, 0.717) is 0 Å². The van der Waals surface area contributed by atoms with Gasteiger partial charge in [-0.05, 0) is 63.2 Å². The molecule has 3 heteroatoms. The van der Waals surface area contributed by atoms with Crippen molar-refractivity contribution < 1.29 is 0 Å². The summed E-state index contributed by atoms with van der Waals surface area (Å²) in [5, 5.41) is 2.23. The average molecular weight is 309 g/mol. The summed E-state index contributed by atoms with van der Waals surface area (Å²) < 4.78 is 0. The van der Waals surface area contributed by atoms with Gasteiger partial charge in [0, 0.05) is 0 Å². The second-order valence-electron chi connectivity index (χ2n) is 9.63. The van der Waals surface area contributed by atoms with Gasteiger partial charge in [-0.1, -0.05) is 44.5 Å². The van der Waals surface area contributed by atoms with Crippen molar-refractivity contribution in [3.05, 3.63) is 0 Å². The van der Waals surface area contributed by atoms with E-state index in [2.05, 4.69) is 44.5 Å². The lowest BCUT2D eigenvalue weighted by atomic mass is 9.56. The molecule has 0 aromatic rings. The molecular weight excluding hydrogens is 276 g/mol. The fraction of sp³-hybridized carbons (Fsp3) is 0.938. The van der Waals surface area contributed by atoms with Crippen molar-refractivity contribution in [2.45, 2.75) is 71.4 Å². The monoisotopic (exact) mass is 308 g/mol. The summed E-state index contributed by atoms with van der Waals surface area (Å²) in [6.07, 6.45) is 8.01. The molecule has 4 bridgehead atoms. The maximum absolute atomic E-state index is 2.69. The van der Waals surface area contributed by atoms with Crippen LogP contribution in [0.15, 0.2) is 0 Å². The minimum atomic E-state index is -0.956. The van der Waals surface area contributed by atoms with Crippen molar-refractivity contribution in [3.8, 4) is 0 Å². The average Bonchev–Trinajstić information content (AvgIpc) is 2.18. The van der Waals surface area contributed by atoms with Crippen LogP contribution in [-0.4, -0.2) is 27.8 Å². The van der Waals surface area contributed by atoms with Crippen LogP contribution in [0.25, 0.3) is 0 Å². The molecule has 19 heavy (non-hydrogen) atoms. The molecule has 4 saturated carbocycles. The van der Waals surface area contributed by atoms with Gasteiger partial charge in [-0.2, -0.15) is 0 Å². The Balaban J connectivity index is 2.09. The summed E-state index contributed by atoms with van der Waals surface area (Å²) in [5.74, 6) is 4.47. The van der Waals surface area contributed by atoms with Gasteiger partial charge in [0.15, 0.2) is 0 Å². The van der Waals surface area contributed by atoms with Crippen LogP contribution in [0.5, 0.6) is 0 Å². The zero-order valence-corrected chi connectivity index (χ0v) is 16.8. The van der Waals surface area contributed by atoms with Crippen LogP contribution in [-0.2, 0) is 0 Å². The summed E-state index contributed by atoms with van der Waals surface area (Å²) in [4.78, 5) is 0. The zero-order valence-electron chi connectivity index (χ0n) is 13.8. The molecule has 0 aromatic carbocycles. The lowest BCUT2D eigenvalue weighted by Gasteiger charge is -2.54. The molecule has 0 aliphatic heterocycles. The molecule has 0 saturated heterocycles. The molecule has 108 valence electrons. The molecule has 4 fully saturated rings. The van der Waals surface area contributed by atoms with E-state index in [-0.39, 0.29) is 7.44 Å². The molecule has 0 amide bonds. The Hall–Kier alpha value is 0.521. The van der Waals surface area contributed by atoms with Gasteiger partial charge < -0.3 is 0 Å². The van der Waals surface area contributed by atoms with Crippen LogP contribution < -0.4 is 0 Å². The third kappa shape index (κ3) is 2.55. The van der Waals surface area contributed by atoms with Crippen LogP contribution in [0.3, 0.4) is 0 Å². The third-order valence-corrected chi connectivity index (χ3v) is 34.4. The van der Waals surface area contributed by atoms with Crippen molar-refractivity contribution in [3.63, 3.8) is 0 Å². The zero-order chi connectivity index (χ0) is 14.0. The largest absolute Gasteiger partial charge is 0.0888 e. The molecule has 0 spiro atoms. The maximum atomic E-state index is 2.69. The van der Waals surface area contributed by atoms with Crippen molar-refractivity contribution in [1.29, 1.82) is 0 Å². The highest BCUT2D eigenvalue weighted by Crippen LogP contribution is 2.52. The van der Waals surface area contributed by atoms with Crippen molar-refractivity contribution in [2.75, 3.05) is 0 Å². The summed E-state index contributed by atoms with van der Waals surface area (Å²) in [7, 11) is -2.05. The SMILES string of the molecule is C[Si](C)(C)[Si](=C1C2CC3CC(C2)CC1C3)[Si](C)(C)C. The minimum absolute atomic E-state index is 0.142. The number of hydrogen-bond acceptors (Lipinski definition) is 0. The molecule has 0 aromatic heterocycles. The summed E-state index contributed by atoms with van der Waals surface area (Å²) in [6, 6.07) is 0. The van der Waals surface area contributed by atoms with Crippen molar-refractivity contribution in [2.24, 2.45) is 23.7 Å². The summed E-state index contributed by atoms with van der Waals surface area (Å²) in [6.45, 7) is 16.2. The van der Waals surface area contributed by atoms with Crippen LogP contribution >= 0.6 is 0 Å². The normalized spacial score (nSPS) is 37.9. The first-order valence-corrected chi connectivity index (χ1v) is 18.9.